The van der Waals surface area contributed by atoms with Gasteiger partial charge in [-0.25, -0.2) is 0 Å². The lowest BCUT2D eigenvalue weighted by Crippen LogP contribution is -2.23. The first kappa shape index (κ1) is 16.0. The predicted octanol–water partition coefficient (Wildman–Crippen LogP) is 2.56. The van der Waals surface area contributed by atoms with Crippen LogP contribution < -0.4 is 4.74 Å². The Kier molecular flexibility index (Phi) is 6.89. The summed E-state index contributed by atoms with van der Waals surface area (Å²) < 4.78 is 5.34. The summed E-state index contributed by atoms with van der Waals surface area (Å²) in [4.78, 5) is 2.33. The number of aliphatic hydroxyl groups is 1. The van der Waals surface area contributed by atoms with Crippen molar-refractivity contribution < 1.29 is 9.84 Å². The molecule has 1 aromatic carbocycles. The Labute approximate surface area is 117 Å². The molecule has 0 saturated heterocycles. The maximum atomic E-state index is 8.77. The molecule has 0 aliphatic carbocycles. The second kappa shape index (κ2) is 8.18. The average Bonchev–Trinajstić information content (AvgIpc) is 2.41. The molecular formula is C16H27NO2. The molecule has 0 unspecified atom stereocenters. The van der Waals surface area contributed by atoms with Crippen LogP contribution in [0.5, 0.6) is 5.75 Å². The molecule has 0 aromatic heterocycles. The van der Waals surface area contributed by atoms with Crippen molar-refractivity contribution in [3.63, 3.8) is 0 Å². The number of methoxy groups -OCH3 is 1. The summed E-state index contributed by atoms with van der Waals surface area (Å²) in [6, 6.07) is 4.23. The highest BCUT2D eigenvalue weighted by Gasteiger charge is 2.07. The van der Waals surface area contributed by atoms with Gasteiger partial charge in [-0.2, -0.15) is 0 Å². The third kappa shape index (κ3) is 4.84. The molecule has 0 fully saturated rings. The van der Waals surface area contributed by atoms with E-state index in [-0.39, 0.29) is 0 Å². The lowest BCUT2D eigenvalue weighted by Gasteiger charge is -2.18. The number of hydrogen-bond donors (Lipinski definition) is 1. The van der Waals surface area contributed by atoms with Crippen LogP contribution in [0.4, 0.5) is 0 Å². The van der Waals surface area contributed by atoms with E-state index in [1.165, 1.54) is 16.7 Å². The van der Waals surface area contributed by atoms with Crippen molar-refractivity contribution in [3.8, 4) is 5.75 Å². The Balaban J connectivity index is 2.51. The number of aliphatic hydroxyl groups excluding tert-OH is 1. The molecular weight excluding hydrogens is 238 g/mol. The van der Waals surface area contributed by atoms with Crippen molar-refractivity contribution in [1.82, 2.24) is 4.90 Å². The molecule has 0 spiro atoms. The van der Waals surface area contributed by atoms with E-state index < -0.39 is 0 Å². The van der Waals surface area contributed by atoms with E-state index >= 15 is 0 Å². The highest BCUT2D eigenvalue weighted by atomic mass is 16.5. The number of ether oxygens (including phenoxy) is 1. The standard InChI is InChI=1S/C16H27NO2/c1-13-14(2)16(19-4)8-7-15(13)9-11-17(3)10-5-6-12-18/h7-8,18H,5-6,9-12H2,1-4H3. The van der Waals surface area contributed by atoms with Crippen LogP contribution in [-0.2, 0) is 6.42 Å². The van der Waals surface area contributed by atoms with Crippen LogP contribution in [-0.4, -0.2) is 43.9 Å². The number of unbranched alkanes of at least 4 members (excludes halogenated alkanes) is 1. The highest BCUT2D eigenvalue weighted by molar-refractivity contribution is 5.43. The predicted molar refractivity (Wildman–Crippen MR) is 80.0 cm³/mol. The van der Waals surface area contributed by atoms with Crippen LogP contribution in [0, 0.1) is 13.8 Å². The molecule has 108 valence electrons. The molecule has 1 rings (SSSR count). The van der Waals surface area contributed by atoms with Gasteiger partial charge in [-0.1, -0.05) is 6.07 Å². The van der Waals surface area contributed by atoms with Gasteiger partial charge in [-0.3, -0.25) is 0 Å². The van der Waals surface area contributed by atoms with Crippen molar-refractivity contribution in [2.75, 3.05) is 33.9 Å². The number of benzene rings is 1. The van der Waals surface area contributed by atoms with Crippen LogP contribution in [0.2, 0.25) is 0 Å². The first-order valence-electron chi connectivity index (χ1n) is 7.02. The molecule has 0 aliphatic rings. The van der Waals surface area contributed by atoms with E-state index in [0.717, 1.165) is 38.1 Å². The molecule has 19 heavy (non-hydrogen) atoms. The topological polar surface area (TPSA) is 32.7 Å². The largest absolute Gasteiger partial charge is 0.496 e. The van der Waals surface area contributed by atoms with E-state index in [4.69, 9.17) is 9.84 Å². The van der Waals surface area contributed by atoms with Gasteiger partial charge in [0.1, 0.15) is 5.75 Å². The molecule has 0 heterocycles. The Morgan fingerprint density at radius 3 is 2.47 bits per heavy atom. The van der Waals surface area contributed by atoms with Gasteiger partial charge >= 0.3 is 0 Å². The molecule has 0 saturated carbocycles. The van der Waals surface area contributed by atoms with Gasteiger partial charge in [0.2, 0.25) is 0 Å². The van der Waals surface area contributed by atoms with Crippen LogP contribution in [0.3, 0.4) is 0 Å². The molecule has 3 heteroatoms. The molecule has 1 N–H and O–H groups in total. The van der Waals surface area contributed by atoms with Gasteiger partial charge in [0.15, 0.2) is 0 Å². The average molecular weight is 265 g/mol. The first-order valence-corrected chi connectivity index (χ1v) is 7.02. The Hall–Kier alpha value is -1.06. The SMILES string of the molecule is COc1ccc(CCN(C)CCCCO)c(C)c1C. The number of rotatable bonds is 8. The van der Waals surface area contributed by atoms with Crippen molar-refractivity contribution in [2.24, 2.45) is 0 Å². The molecule has 3 nitrogen and oxygen atoms in total. The molecule has 0 bridgehead atoms. The minimum absolute atomic E-state index is 0.296. The molecule has 0 atom stereocenters. The van der Waals surface area contributed by atoms with Crippen molar-refractivity contribution in [3.05, 3.63) is 28.8 Å². The van der Waals surface area contributed by atoms with Gasteiger partial charge in [-0.05, 0) is 69.5 Å². The maximum absolute atomic E-state index is 8.77. The highest BCUT2D eigenvalue weighted by Crippen LogP contribution is 2.24. The fraction of sp³-hybridized carbons (Fsp3) is 0.625. The third-order valence-corrected chi connectivity index (χ3v) is 3.78. The van der Waals surface area contributed by atoms with Crippen molar-refractivity contribution >= 4 is 0 Å². The summed E-state index contributed by atoms with van der Waals surface area (Å²) in [5.41, 5.74) is 3.97. The molecule has 0 amide bonds. The third-order valence-electron chi connectivity index (χ3n) is 3.78. The minimum Gasteiger partial charge on any atom is -0.496 e. The van der Waals surface area contributed by atoms with Crippen LogP contribution in [0.15, 0.2) is 12.1 Å². The van der Waals surface area contributed by atoms with E-state index in [9.17, 15) is 0 Å². The second-order valence-electron chi connectivity index (χ2n) is 5.16. The fourth-order valence-electron chi connectivity index (χ4n) is 2.26. The summed E-state index contributed by atoms with van der Waals surface area (Å²) >= 11 is 0. The first-order chi connectivity index (χ1) is 9.10. The van der Waals surface area contributed by atoms with Crippen molar-refractivity contribution in [1.29, 1.82) is 0 Å². The quantitative estimate of drug-likeness (QED) is 0.733. The molecule has 1 aromatic rings. The zero-order valence-corrected chi connectivity index (χ0v) is 12.7. The number of hydrogen-bond acceptors (Lipinski definition) is 3. The number of likely N-dealkylation sites (N-methyl/N-ethyl adjacent to an activating group) is 1. The van der Waals surface area contributed by atoms with Gasteiger partial charge < -0.3 is 14.7 Å². The van der Waals surface area contributed by atoms with E-state index in [2.05, 4.69) is 37.9 Å². The normalized spacial score (nSPS) is 11.1. The van der Waals surface area contributed by atoms with E-state index in [1.807, 2.05) is 0 Å². The molecule has 0 radical (unpaired) electrons. The second-order valence-corrected chi connectivity index (χ2v) is 5.16. The Morgan fingerprint density at radius 1 is 1.11 bits per heavy atom. The Bertz CT molecular complexity index is 391. The number of nitrogens with zero attached hydrogens (tertiary/aromatic N) is 1. The maximum Gasteiger partial charge on any atom is 0.122 e. The molecule has 0 aliphatic heterocycles. The van der Waals surface area contributed by atoms with E-state index in [0.29, 0.717) is 6.61 Å². The van der Waals surface area contributed by atoms with Gasteiger partial charge in [0.25, 0.3) is 0 Å². The summed E-state index contributed by atoms with van der Waals surface area (Å²) in [7, 11) is 3.86. The smallest absolute Gasteiger partial charge is 0.122 e. The summed E-state index contributed by atoms with van der Waals surface area (Å²) in [6.45, 7) is 6.68. The zero-order chi connectivity index (χ0) is 14.3. The summed E-state index contributed by atoms with van der Waals surface area (Å²) in [5, 5.41) is 8.77. The van der Waals surface area contributed by atoms with Crippen LogP contribution in [0.25, 0.3) is 0 Å². The van der Waals surface area contributed by atoms with E-state index in [1.54, 1.807) is 7.11 Å². The summed E-state index contributed by atoms with van der Waals surface area (Å²) in [5.74, 6) is 0.970. The zero-order valence-electron chi connectivity index (χ0n) is 12.7. The Morgan fingerprint density at radius 2 is 1.84 bits per heavy atom. The minimum atomic E-state index is 0.296. The van der Waals surface area contributed by atoms with Gasteiger partial charge in [0.05, 0.1) is 7.11 Å². The summed E-state index contributed by atoms with van der Waals surface area (Å²) in [6.07, 6.45) is 3.02. The van der Waals surface area contributed by atoms with Gasteiger partial charge in [0, 0.05) is 13.2 Å². The van der Waals surface area contributed by atoms with Crippen LogP contribution >= 0.6 is 0 Å². The monoisotopic (exact) mass is 265 g/mol. The van der Waals surface area contributed by atoms with Crippen molar-refractivity contribution in [2.45, 2.75) is 33.1 Å². The van der Waals surface area contributed by atoms with Crippen LogP contribution in [0.1, 0.15) is 29.5 Å². The van der Waals surface area contributed by atoms with Gasteiger partial charge in [-0.15, -0.1) is 0 Å². The fourth-order valence-corrected chi connectivity index (χ4v) is 2.26. The lowest BCUT2D eigenvalue weighted by molar-refractivity contribution is 0.264. The lowest BCUT2D eigenvalue weighted by atomic mass is 10.00.